The molecule has 0 bridgehead atoms. The standard InChI is InChI=1S/C24H20F4N4O3S/c25-16-3-2-14(17(9-16)24(26,27)28)12-31-18-4-1-13(7-15(18)10-30-31)8-21-22(34)32(23(35)36-21)19-5-6-29-11-20(19)33/h1-4,7-10,19-20,29,33H,5-6,11-12H2/b21-8-/t19-,20-/m0/s1. The van der Waals surface area contributed by atoms with Crippen molar-refractivity contribution < 1.29 is 32.3 Å². The van der Waals surface area contributed by atoms with Crippen LogP contribution in [0.1, 0.15) is 23.1 Å². The highest BCUT2D eigenvalue weighted by molar-refractivity contribution is 8.18. The average molecular weight is 521 g/mol. The molecule has 7 nitrogen and oxygen atoms in total. The number of nitrogens with one attached hydrogen (secondary N) is 1. The Labute approximate surface area is 206 Å². The summed E-state index contributed by atoms with van der Waals surface area (Å²) in [6.45, 7) is 0.676. The van der Waals surface area contributed by atoms with Gasteiger partial charge in [-0.3, -0.25) is 19.2 Å². The molecule has 1 aromatic heterocycles. The number of piperidine rings is 1. The number of thioether (sulfide) groups is 1. The molecule has 2 fully saturated rings. The second-order valence-corrected chi connectivity index (χ2v) is 9.59. The van der Waals surface area contributed by atoms with E-state index < -0.39 is 40.8 Å². The average Bonchev–Trinajstić information content (AvgIpc) is 3.34. The molecule has 0 saturated carbocycles. The van der Waals surface area contributed by atoms with Crippen LogP contribution in [0.3, 0.4) is 0 Å². The molecule has 2 amide bonds. The van der Waals surface area contributed by atoms with Gasteiger partial charge in [0.25, 0.3) is 11.1 Å². The zero-order valence-corrected chi connectivity index (χ0v) is 19.4. The molecule has 2 atom stereocenters. The number of hydrogen-bond donors (Lipinski definition) is 2. The Bertz CT molecular complexity index is 1390. The number of rotatable bonds is 4. The van der Waals surface area contributed by atoms with Gasteiger partial charge in [0.15, 0.2) is 0 Å². The monoisotopic (exact) mass is 520 g/mol. The largest absolute Gasteiger partial charge is 0.416 e. The van der Waals surface area contributed by atoms with Gasteiger partial charge in [0.05, 0.1) is 40.9 Å². The van der Waals surface area contributed by atoms with Crippen LogP contribution in [0.5, 0.6) is 0 Å². The molecule has 0 aliphatic carbocycles. The molecule has 12 heteroatoms. The third-order valence-corrected chi connectivity index (χ3v) is 7.11. The van der Waals surface area contributed by atoms with E-state index in [4.69, 9.17) is 0 Å². The van der Waals surface area contributed by atoms with Gasteiger partial charge < -0.3 is 10.4 Å². The third kappa shape index (κ3) is 4.63. The Hall–Kier alpha value is -3.22. The number of halogens is 4. The number of alkyl halides is 3. The van der Waals surface area contributed by atoms with Crippen molar-refractivity contribution in [1.82, 2.24) is 20.0 Å². The molecular formula is C24H20F4N4O3S. The first kappa shape index (κ1) is 24.5. The molecule has 188 valence electrons. The number of nitrogens with zero attached hydrogens (tertiary/aromatic N) is 3. The van der Waals surface area contributed by atoms with Crippen LogP contribution in [0.2, 0.25) is 0 Å². The Kier molecular flexibility index (Phi) is 6.35. The summed E-state index contributed by atoms with van der Waals surface area (Å²) in [6, 6.07) is 6.99. The zero-order valence-electron chi connectivity index (χ0n) is 18.6. The maximum absolute atomic E-state index is 13.4. The van der Waals surface area contributed by atoms with E-state index in [0.717, 1.165) is 28.8 Å². The van der Waals surface area contributed by atoms with Gasteiger partial charge in [-0.2, -0.15) is 18.3 Å². The maximum Gasteiger partial charge on any atom is 0.416 e. The van der Waals surface area contributed by atoms with E-state index in [9.17, 15) is 32.3 Å². The van der Waals surface area contributed by atoms with Gasteiger partial charge in [-0.25, -0.2) is 4.39 Å². The first-order chi connectivity index (χ1) is 17.1. The Morgan fingerprint density at radius 2 is 2.00 bits per heavy atom. The Morgan fingerprint density at radius 1 is 1.19 bits per heavy atom. The lowest BCUT2D eigenvalue weighted by atomic mass is 10.0. The highest BCUT2D eigenvalue weighted by atomic mass is 32.2. The number of benzene rings is 2. The highest BCUT2D eigenvalue weighted by Crippen LogP contribution is 2.36. The molecular weight excluding hydrogens is 500 g/mol. The van der Waals surface area contributed by atoms with Gasteiger partial charge in [-0.05, 0) is 66.2 Å². The summed E-state index contributed by atoms with van der Waals surface area (Å²) < 4.78 is 54.9. The quantitative estimate of drug-likeness (QED) is 0.400. The van der Waals surface area contributed by atoms with Crippen LogP contribution < -0.4 is 5.32 Å². The number of aliphatic hydroxyl groups is 1. The number of fused-ring (bicyclic) bond motifs is 1. The van der Waals surface area contributed by atoms with Crippen molar-refractivity contribution in [2.45, 2.75) is 31.3 Å². The predicted octanol–water partition coefficient (Wildman–Crippen LogP) is 4.00. The highest BCUT2D eigenvalue weighted by Gasteiger charge is 2.43. The lowest BCUT2D eigenvalue weighted by Crippen LogP contribution is -2.54. The van der Waals surface area contributed by atoms with Crippen molar-refractivity contribution in [3.63, 3.8) is 0 Å². The normalized spacial score (nSPS) is 22.2. The summed E-state index contributed by atoms with van der Waals surface area (Å²) in [5.74, 6) is -1.44. The molecule has 5 rings (SSSR count). The molecule has 2 aliphatic heterocycles. The van der Waals surface area contributed by atoms with E-state index in [2.05, 4.69) is 10.4 Å². The number of amides is 2. The van der Waals surface area contributed by atoms with Gasteiger partial charge >= 0.3 is 6.18 Å². The fourth-order valence-corrected chi connectivity index (χ4v) is 5.37. The minimum absolute atomic E-state index is 0.119. The van der Waals surface area contributed by atoms with Gasteiger partial charge in [0.2, 0.25) is 0 Å². The van der Waals surface area contributed by atoms with Crippen LogP contribution in [0.15, 0.2) is 47.5 Å². The van der Waals surface area contributed by atoms with Crippen LogP contribution in [0, 0.1) is 5.82 Å². The summed E-state index contributed by atoms with van der Waals surface area (Å²) in [5, 5.41) is 17.6. The number of hydrogen-bond acceptors (Lipinski definition) is 6. The van der Waals surface area contributed by atoms with Crippen molar-refractivity contribution >= 4 is 39.9 Å². The number of imide groups is 1. The molecule has 36 heavy (non-hydrogen) atoms. The van der Waals surface area contributed by atoms with E-state index in [1.54, 1.807) is 24.3 Å². The first-order valence-electron chi connectivity index (χ1n) is 11.1. The van der Waals surface area contributed by atoms with E-state index in [1.807, 2.05) is 0 Å². The van der Waals surface area contributed by atoms with E-state index in [1.165, 1.54) is 10.9 Å². The number of carbonyl (C=O) groups is 2. The minimum Gasteiger partial charge on any atom is -0.390 e. The second-order valence-electron chi connectivity index (χ2n) is 8.60. The summed E-state index contributed by atoms with van der Waals surface area (Å²) in [7, 11) is 0. The smallest absolute Gasteiger partial charge is 0.390 e. The van der Waals surface area contributed by atoms with Gasteiger partial charge in [0, 0.05) is 11.9 Å². The van der Waals surface area contributed by atoms with Crippen LogP contribution in [0.4, 0.5) is 22.4 Å². The van der Waals surface area contributed by atoms with Crippen LogP contribution >= 0.6 is 11.8 Å². The molecule has 3 heterocycles. The Morgan fingerprint density at radius 3 is 2.75 bits per heavy atom. The van der Waals surface area contributed by atoms with Crippen LogP contribution in [-0.2, 0) is 17.5 Å². The molecule has 2 N–H and O–H groups in total. The summed E-state index contributed by atoms with van der Waals surface area (Å²) in [4.78, 5) is 26.8. The molecule has 2 saturated heterocycles. The van der Waals surface area contributed by atoms with E-state index >= 15 is 0 Å². The predicted molar refractivity (Wildman–Crippen MR) is 125 cm³/mol. The fraction of sp³-hybridized carbons (Fsp3) is 0.292. The van der Waals surface area contributed by atoms with Crippen molar-refractivity contribution in [2.75, 3.05) is 13.1 Å². The molecule has 3 aromatic rings. The molecule has 2 aromatic carbocycles. The Balaban J connectivity index is 1.40. The van der Waals surface area contributed by atoms with E-state index in [0.29, 0.717) is 42.0 Å². The van der Waals surface area contributed by atoms with Gasteiger partial charge in [0.1, 0.15) is 5.82 Å². The second kappa shape index (κ2) is 9.34. The summed E-state index contributed by atoms with van der Waals surface area (Å²) >= 11 is 0.799. The fourth-order valence-electron chi connectivity index (χ4n) is 4.48. The van der Waals surface area contributed by atoms with Crippen molar-refractivity contribution in [1.29, 1.82) is 0 Å². The zero-order chi connectivity index (χ0) is 25.6. The number of carbonyl (C=O) groups excluding carboxylic acids is 2. The van der Waals surface area contributed by atoms with Crippen molar-refractivity contribution in [3.05, 3.63) is 70.0 Å². The topological polar surface area (TPSA) is 87.5 Å². The number of β-amino-alcohol motifs (C(OH)–C–C–N with tert-alkyl or cyclic N) is 1. The molecule has 0 spiro atoms. The van der Waals surface area contributed by atoms with Gasteiger partial charge in [-0.1, -0.05) is 12.1 Å². The summed E-state index contributed by atoms with van der Waals surface area (Å²) in [5.41, 5.74) is -0.0178. The SMILES string of the molecule is O=C1S/C(=C\c2ccc3c(cnn3Cc3ccc(F)cc3C(F)(F)F)c2)C(=O)N1[C@H]1CCNC[C@@H]1O. The van der Waals surface area contributed by atoms with E-state index in [-0.39, 0.29) is 17.0 Å². The molecule has 0 unspecified atom stereocenters. The lowest BCUT2D eigenvalue weighted by Gasteiger charge is -2.33. The third-order valence-electron chi connectivity index (χ3n) is 6.23. The van der Waals surface area contributed by atoms with Crippen LogP contribution in [-0.4, -0.2) is 56.2 Å². The number of aliphatic hydroxyl groups excluding tert-OH is 1. The van der Waals surface area contributed by atoms with Crippen molar-refractivity contribution in [3.8, 4) is 0 Å². The molecule has 0 radical (unpaired) electrons. The molecule has 2 aliphatic rings. The van der Waals surface area contributed by atoms with Crippen LogP contribution in [0.25, 0.3) is 17.0 Å². The number of aromatic nitrogens is 2. The maximum atomic E-state index is 13.4. The van der Waals surface area contributed by atoms with Crippen molar-refractivity contribution in [2.24, 2.45) is 0 Å². The minimum atomic E-state index is -4.71. The lowest BCUT2D eigenvalue weighted by molar-refractivity contribution is -0.138. The summed E-state index contributed by atoms with van der Waals surface area (Å²) in [6.07, 6.45) is -2.03. The first-order valence-corrected chi connectivity index (χ1v) is 11.9. The van der Waals surface area contributed by atoms with Gasteiger partial charge in [-0.15, -0.1) is 0 Å².